The molecular formula is C16H22ClN3O2. The molecule has 3 rings (SSSR count). The topological polar surface area (TPSA) is 44.8 Å². The molecule has 22 heavy (non-hydrogen) atoms. The molecule has 2 saturated heterocycles. The third-order valence-electron chi connectivity index (χ3n) is 4.25. The van der Waals surface area contributed by atoms with Crippen molar-refractivity contribution >= 4 is 23.3 Å². The van der Waals surface area contributed by atoms with Gasteiger partial charge in [0.2, 0.25) is 0 Å². The van der Waals surface area contributed by atoms with Gasteiger partial charge in [0.15, 0.2) is 0 Å². The van der Waals surface area contributed by atoms with Crippen molar-refractivity contribution in [3.05, 3.63) is 29.3 Å². The van der Waals surface area contributed by atoms with E-state index in [4.69, 9.17) is 16.3 Å². The Hall–Kier alpha value is -1.46. The summed E-state index contributed by atoms with van der Waals surface area (Å²) in [5.41, 5.74) is 1.12. The molecule has 6 heteroatoms. The minimum Gasteiger partial charge on any atom is -0.376 e. The number of hydrogen-bond acceptors (Lipinski definition) is 3. The van der Waals surface area contributed by atoms with E-state index < -0.39 is 0 Å². The zero-order valence-electron chi connectivity index (χ0n) is 12.6. The molecular weight excluding hydrogens is 302 g/mol. The normalized spacial score (nSPS) is 22.0. The van der Waals surface area contributed by atoms with Crippen molar-refractivity contribution in [1.29, 1.82) is 0 Å². The third kappa shape index (κ3) is 3.84. The number of anilines is 1. The standard InChI is InChI=1S/C16H22ClN3O2/c17-13-3-1-4-14(11-13)19-6-8-20(9-7-19)16(21)18-12-15-5-2-10-22-15/h1,3-4,11,15H,2,5-10,12H2,(H,18,21). The van der Waals surface area contributed by atoms with Gasteiger partial charge in [-0.2, -0.15) is 0 Å². The fourth-order valence-corrected chi connectivity index (χ4v) is 3.14. The summed E-state index contributed by atoms with van der Waals surface area (Å²) in [4.78, 5) is 16.3. The molecule has 2 amide bonds. The van der Waals surface area contributed by atoms with Crippen molar-refractivity contribution in [2.24, 2.45) is 0 Å². The zero-order valence-corrected chi connectivity index (χ0v) is 13.4. The van der Waals surface area contributed by atoms with Gasteiger partial charge in [-0.05, 0) is 31.0 Å². The Morgan fingerprint density at radius 1 is 1.32 bits per heavy atom. The molecule has 1 aromatic rings. The van der Waals surface area contributed by atoms with Crippen LogP contribution in [0.15, 0.2) is 24.3 Å². The van der Waals surface area contributed by atoms with Crippen molar-refractivity contribution in [2.45, 2.75) is 18.9 Å². The minimum absolute atomic E-state index is 0.0150. The molecule has 0 radical (unpaired) electrons. The van der Waals surface area contributed by atoms with Crippen LogP contribution in [0.1, 0.15) is 12.8 Å². The second-order valence-corrected chi connectivity index (χ2v) is 6.21. The predicted molar refractivity (Wildman–Crippen MR) is 87.6 cm³/mol. The quantitative estimate of drug-likeness (QED) is 0.928. The number of carbonyl (C=O) groups is 1. The number of hydrogen-bond donors (Lipinski definition) is 1. The summed E-state index contributed by atoms with van der Waals surface area (Å²) in [6.45, 7) is 4.54. The first-order chi connectivity index (χ1) is 10.7. The summed E-state index contributed by atoms with van der Waals surface area (Å²) in [5, 5.41) is 3.73. The van der Waals surface area contributed by atoms with Crippen molar-refractivity contribution < 1.29 is 9.53 Å². The molecule has 1 aromatic carbocycles. The third-order valence-corrected chi connectivity index (χ3v) is 4.48. The van der Waals surface area contributed by atoms with Gasteiger partial charge in [-0.25, -0.2) is 4.79 Å². The molecule has 2 aliphatic rings. The predicted octanol–water partition coefficient (Wildman–Crippen LogP) is 2.35. The maximum absolute atomic E-state index is 12.2. The number of urea groups is 1. The number of carbonyl (C=O) groups excluding carboxylic acids is 1. The summed E-state index contributed by atoms with van der Waals surface area (Å²) in [6.07, 6.45) is 2.33. The highest BCUT2D eigenvalue weighted by Crippen LogP contribution is 2.20. The monoisotopic (exact) mass is 323 g/mol. The lowest BCUT2D eigenvalue weighted by molar-refractivity contribution is 0.108. The van der Waals surface area contributed by atoms with Crippen LogP contribution in [0.3, 0.4) is 0 Å². The number of nitrogens with zero attached hydrogens (tertiary/aromatic N) is 2. The second kappa shape index (κ2) is 7.20. The lowest BCUT2D eigenvalue weighted by atomic mass is 10.2. The Morgan fingerprint density at radius 2 is 2.14 bits per heavy atom. The van der Waals surface area contributed by atoms with Gasteiger partial charge in [-0.1, -0.05) is 17.7 Å². The van der Waals surface area contributed by atoms with E-state index in [1.165, 1.54) is 0 Å². The highest BCUT2D eigenvalue weighted by Gasteiger charge is 2.23. The average molecular weight is 324 g/mol. The molecule has 0 bridgehead atoms. The van der Waals surface area contributed by atoms with Crippen molar-refractivity contribution in [3.63, 3.8) is 0 Å². The van der Waals surface area contributed by atoms with Crippen LogP contribution in [0.4, 0.5) is 10.5 Å². The van der Waals surface area contributed by atoms with E-state index >= 15 is 0 Å². The lowest BCUT2D eigenvalue weighted by Gasteiger charge is -2.36. The van der Waals surface area contributed by atoms with Crippen LogP contribution in [-0.4, -0.2) is 56.4 Å². The maximum atomic E-state index is 12.2. The van der Waals surface area contributed by atoms with Gasteiger partial charge in [0.05, 0.1) is 6.10 Å². The average Bonchev–Trinajstić information content (AvgIpc) is 3.06. The summed E-state index contributed by atoms with van der Waals surface area (Å²) in [6, 6.07) is 7.87. The summed E-state index contributed by atoms with van der Waals surface area (Å²) >= 11 is 6.03. The van der Waals surface area contributed by atoms with Crippen LogP contribution in [-0.2, 0) is 4.74 Å². The number of nitrogens with one attached hydrogen (secondary N) is 1. The number of benzene rings is 1. The van der Waals surface area contributed by atoms with Crippen LogP contribution < -0.4 is 10.2 Å². The zero-order chi connectivity index (χ0) is 15.4. The molecule has 0 aromatic heterocycles. The summed E-state index contributed by atoms with van der Waals surface area (Å²) < 4.78 is 5.52. The Kier molecular flexibility index (Phi) is 5.05. The van der Waals surface area contributed by atoms with Crippen molar-refractivity contribution in [1.82, 2.24) is 10.2 Å². The molecule has 1 atom stereocenters. The first-order valence-corrected chi connectivity index (χ1v) is 8.25. The molecule has 2 fully saturated rings. The maximum Gasteiger partial charge on any atom is 0.317 e. The van der Waals surface area contributed by atoms with Gasteiger partial charge >= 0.3 is 6.03 Å². The first-order valence-electron chi connectivity index (χ1n) is 7.87. The molecule has 0 aliphatic carbocycles. The van der Waals surface area contributed by atoms with Crippen LogP contribution in [0, 0.1) is 0 Å². The Labute approximate surface area is 136 Å². The Balaban J connectivity index is 1.45. The van der Waals surface area contributed by atoms with E-state index in [9.17, 15) is 4.79 Å². The summed E-state index contributed by atoms with van der Waals surface area (Å²) in [7, 11) is 0. The molecule has 1 N–H and O–H groups in total. The van der Waals surface area contributed by atoms with E-state index in [2.05, 4.69) is 16.3 Å². The van der Waals surface area contributed by atoms with E-state index in [-0.39, 0.29) is 12.1 Å². The largest absolute Gasteiger partial charge is 0.376 e. The van der Waals surface area contributed by atoms with Crippen LogP contribution in [0.5, 0.6) is 0 Å². The van der Waals surface area contributed by atoms with Gasteiger partial charge in [-0.15, -0.1) is 0 Å². The van der Waals surface area contributed by atoms with Crippen molar-refractivity contribution in [3.8, 4) is 0 Å². The number of halogens is 1. The molecule has 2 heterocycles. The SMILES string of the molecule is O=C(NCC1CCCO1)N1CCN(c2cccc(Cl)c2)CC1. The Morgan fingerprint density at radius 3 is 2.82 bits per heavy atom. The number of piperazine rings is 1. The molecule has 1 unspecified atom stereocenters. The first kappa shape index (κ1) is 15.4. The fourth-order valence-electron chi connectivity index (χ4n) is 2.96. The molecule has 0 saturated carbocycles. The Bertz CT molecular complexity index is 512. The molecule has 0 spiro atoms. The van der Waals surface area contributed by atoms with Gasteiger partial charge in [0.1, 0.15) is 0 Å². The number of amides is 2. The van der Waals surface area contributed by atoms with Crippen LogP contribution in [0.2, 0.25) is 5.02 Å². The smallest absolute Gasteiger partial charge is 0.317 e. The summed E-state index contributed by atoms with van der Waals surface area (Å²) in [5.74, 6) is 0. The molecule has 5 nitrogen and oxygen atoms in total. The van der Waals surface area contributed by atoms with E-state index in [1.807, 2.05) is 23.1 Å². The lowest BCUT2D eigenvalue weighted by Crippen LogP contribution is -2.52. The van der Waals surface area contributed by atoms with Gasteiger partial charge < -0.3 is 19.9 Å². The highest BCUT2D eigenvalue weighted by molar-refractivity contribution is 6.30. The highest BCUT2D eigenvalue weighted by atomic mass is 35.5. The molecule has 120 valence electrons. The van der Waals surface area contributed by atoms with Gasteiger partial charge in [-0.3, -0.25) is 0 Å². The van der Waals surface area contributed by atoms with Gasteiger partial charge in [0, 0.05) is 50.0 Å². The van der Waals surface area contributed by atoms with E-state index in [0.717, 1.165) is 56.3 Å². The van der Waals surface area contributed by atoms with Crippen LogP contribution >= 0.6 is 11.6 Å². The van der Waals surface area contributed by atoms with E-state index in [1.54, 1.807) is 0 Å². The van der Waals surface area contributed by atoms with Crippen molar-refractivity contribution in [2.75, 3.05) is 44.2 Å². The number of rotatable bonds is 3. The number of ether oxygens (including phenoxy) is 1. The van der Waals surface area contributed by atoms with Crippen LogP contribution in [0.25, 0.3) is 0 Å². The minimum atomic E-state index is 0.0150. The van der Waals surface area contributed by atoms with E-state index in [0.29, 0.717) is 6.54 Å². The molecule has 2 aliphatic heterocycles. The van der Waals surface area contributed by atoms with Gasteiger partial charge in [0.25, 0.3) is 0 Å². The fraction of sp³-hybridized carbons (Fsp3) is 0.562. The second-order valence-electron chi connectivity index (χ2n) is 5.78.